The van der Waals surface area contributed by atoms with Crippen LogP contribution in [-0.2, 0) is 20.7 Å². The number of pyridine rings is 2. The first-order chi connectivity index (χ1) is 15.4. The molecule has 2 N–H and O–H groups in total. The highest BCUT2D eigenvalue weighted by Gasteiger charge is 2.28. The van der Waals surface area contributed by atoms with E-state index in [2.05, 4.69) is 29.5 Å². The number of hydrogen-bond acceptors (Lipinski definition) is 7. The molecule has 32 heavy (non-hydrogen) atoms. The van der Waals surface area contributed by atoms with Crippen LogP contribution in [0.25, 0.3) is 11.3 Å². The standard InChI is InChI=1S/C24H31ClN4O3/c1-24(2)12-16(6-8-32-24)13-28-23-5-3-4-20(29-23)18-10-17(27-14-19(18)25)11-21(30)22-15-26-7-9-31-22/h3-5,10,14,16,22,26H,6-9,11-13,15H2,1-2H3,(H,28,29)/t16-,22-/m1/s1. The lowest BCUT2D eigenvalue weighted by Gasteiger charge is -2.35. The van der Waals surface area contributed by atoms with Gasteiger partial charge in [-0.15, -0.1) is 0 Å². The van der Waals surface area contributed by atoms with Gasteiger partial charge in [-0.1, -0.05) is 17.7 Å². The summed E-state index contributed by atoms with van der Waals surface area (Å²) in [7, 11) is 0. The minimum Gasteiger partial charge on any atom is -0.376 e. The zero-order valence-electron chi connectivity index (χ0n) is 18.7. The van der Waals surface area contributed by atoms with Crippen LogP contribution in [0.15, 0.2) is 30.5 Å². The second-order valence-electron chi connectivity index (χ2n) is 9.12. The summed E-state index contributed by atoms with van der Waals surface area (Å²) in [6, 6.07) is 7.69. The van der Waals surface area contributed by atoms with Crippen molar-refractivity contribution >= 4 is 23.2 Å². The maximum Gasteiger partial charge on any atom is 0.168 e. The number of hydrogen-bond donors (Lipinski definition) is 2. The van der Waals surface area contributed by atoms with Crippen molar-refractivity contribution in [1.82, 2.24) is 15.3 Å². The fourth-order valence-corrected chi connectivity index (χ4v) is 4.50. The molecule has 0 amide bonds. The Kier molecular flexibility index (Phi) is 7.40. The molecule has 0 unspecified atom stereocenters. The number of morpholine rings is 1. The Labute approximate surface area is 194 Å². The number of halogens is 1. The van der Waals surface area contributed by atoms with Gasteiger partial charge in [-0.3, -0.25) is 9.78 Å². The Morgan fingerprint density at radius 1 is 1.34 bits per heavy atom. The van der Waals surface area contributed by atoms with Crippen molar-refractivity contribution in [3.05, 3.63) is 41.2 Å². The van der Waals surface area contributed by atoms with Crippen molar-refractivity contribution in [3.8, 4) is 11.3 Å². The van der Waals surface area contributed by atoms with E-state index in [4.69, 9.17) is 26.1 Å². The Balaban J connectivity index is 1.43. The number of aromatic nitrogens is 2. The summed E-state index contributed by atoms with van der Waals surface area (Å²) in [5.41, 5.74) is 2.10. The molecule has 2 atom stereocenters. The van der Waals surface area contributed by atoms with Crippen molar-refractivity contribution < 1.29 is 14.3 Å². The highest BCUT2D eigenvalue weighted by atomic mass is 35.5. The average molecular weight is 459 g/mol. The number of rotatable bonds is 7. The normalized spacial score (nSPS) is 23.0. The van der Waals surface area contributed by atoms with Crippen LogP contribution in [0, 0.1) is 5.92 Å². The maximum atomic E-state index is 12.6. The van der Waals surface area contributed by atoms with Gasteiger partial charge in [0.05, 0.1) is 29.3 Å². The monoisotopic (exact) mass is 458 g/mol. The molecule has 0 radical (unpaired) electrons. The van der Waals surface area contributed by atoms with Crippen LogP contribution in [0.4, 0.5) is 5.82 Å². The van der Waals surface area contributed by atoms with Crippen LogP contribution in [0.5, 0.6) is 0 Å². The molecule has 2 saturated heterocycles. The summed E-state index contributed by atoms with van der Waals surface area (Å²) < 4.78 is 11.4. The van der Waals surface area contributed by atoms with Crippen LogP contribution in [-0.4, -0.2) is 60.3 Å². The van der Waals surface area contributed by atoms with Crippen LogP contribution >= 0.6 is 11.6 Å². The van der Waals surface area contributed by atoms with Gasteiger partial charge in [0.2, 0.25) is 0 Å². The molecule has 4 rings (SSSR count). The first-order valence-electron chi connectivity index (χ1n) is 11.2. The summed E-state index contributed by atoms with van der Waals surface area (Å²) in [6.07, 6.45) is 3.43. The molecule has 0 bridgehead atoms. The number of carbonyl (C=O) groups is 1. The van der Waals surface area contributed by atoms with Gasteiger partial charge in [-0.05, 0) is 50.8 Å². The number of carbonyl (C=O) groups excluding carboxylic acids is 1. The summed E-state index contributed by atoms with van der Waals surface area (Å²) in [5.74, 6) is 1.36. The summed E-state index contributed by atoms with van der Waals surface area (Å²) >= 11 is 6.44. The molecule has 7 nitrogen and oxygen atoms in total. The van der Waals surface area contributed by atoms with Gasteiger partial charge in [-0.2, -0.15) is 0 Å². The van der Waals surface area contributed by atoms with E-state index in [1.807, 2.05) is 24.3 Å². The van der Waals surface area contributed by atoms with Crippen LogP contribution in [0.1, 0.15) is 32.4 Å². The minimum atomic E-state index is -0.425. The van der Waals surface area contributed by atoms with E-state index >= 15 is 0 Å². The van der Waals surface area contributed by atoms with E-state index in [1.54, 1.807) is 6.20 Å². The van der Waals surface area contributed by atoms with Crippen molar-refractivity contribution in [3.63, 3.8) is 0 Å². The molecule has 0 spiro atoms. The van der Waals surface area contributed by atoms with Gasteiger partial charge in [0.1, 0.15) is 11.9 Å². The number of anilines is 1. The van der Waals surface area contributed by atoms with E-state index in [9.17, 15) is 4.79 Å². The van der Waals surface area contributed by atoms with Gasteiger partial charge in [0.25, 0.3) is 0 Å². The lowest BCUT2D eigenvalue weighted by molar-refractivity contribution is -0.131. The van der Waals surface area contributed by atoms with Crippen LogP contribution < -0.4 is 10.6 Å². The minimum absolute atomic E-state index is 0.0146. The molecular weight excluding hydrogens is 428 g/mol. The van der Waals surface area contributed by atoms with Crippen molar-refractivity contribution in [1.29, 1.82) is 0 Å². The number of Topliss-reactive ketones (excluding diaryl/α,β-unsaturated/α-hetero) is 1. The van der Waals surface area contributed by atoms with Crippen LogP contribution in [0.2, 0.25) is 5.02 Å². The van der Waals surface area contributed by atoms with E-state index in [1.165, 1.54) is 0 Å². The van der Waals surface area contributed by atoms with Gasteiger partial charge >= 0.3 is 0 Å². The Hall–Kier alpha value is -2.06. The second-order valence-corrected chi connectivity index (χ2v) is 9.53. The Morgan fingerprint density at radius 2 is 2.22 bits per heavy atom. The number of ketones is 1. The van der Waals surface area contributed by atoms with E-state index in [-0.39, 0.29) is 17.8 Å². The molecule has 2 aromatic rings. The molecule has 2 fully saturated rings. The molecule has 0 aliphatic carbocycles. The quantitative estimate of drug-likeness (QED) is 0.656. The van der Waals surface area contributed by atoms with Gasteiger partial charge < -0.3 is 20.1 Å². The predicted octanol–water partition coefficient (Wildman–Crippen LogP) is 3.51. The first-order valence-corrected chi connectivity index (χ1v) is 11.6. The largest absolute Gasteiger partial charge is 0.376 e. The van der Waals surface area contributed by atoms with Crippen molar-refractivity contribution in [2.45, 2.75) is 44.8 Å². The smallest absolute Gasteiger partial charge is 0.168 e. The second kappa shape index (κ2) is 10.3. The fraction of sp³-hybridized carbons (Fsp3) is 0.542. The first kappa shape index (κ1) is 23.1. The molecule has 2 aromatic heterocycles. The SMILES string of the molecule is CC1(C)C[C@H](CNc2cccc(-c3cc(CC(=O)[C@H]4CNCCO4)ncc3Cl)n2)CCO1. The third-order valence-electron chi connectivity index (χ3n) is 5.95. The lowest BCUT2D eigenvalue weighted by atomic mass is 9.88. The lowest BCUT2D eigenvalue weighted by Crippen LogP contribution is -2.43. The summed E-state index contributed by atoms with van der Waals surface area (Å²) in [6.45, 7) is 7.79. The fourth-order valence-electron chi connectivity index (χ4n) is 4.30. The van der Waals surface area contributed by atoms with Crippen molar-refractivity contribution in [2.75, 3.05) is 38.2 Å². The zero-order chi connectivity index (χ0) is 22.6. The van der Waals surface area contributed by atoms with E-state index in [0.717, 1.165) is 49.6 Å². The summed E-state index contributed by atoms with van der Waals surface area (Å²) in [5, 5.41) is 7.16. The molecular formula is C24H31ClN4O3. The third-order valence-corrected chi connectivity index (χ3v) is 6.25. The molecule has 4 heterocycles. The highest BCUT2D eigenvalue weighted by molar-refractivity contribution is 6.33. The van der Waals surface area contributed by atoms with E-state index in [0.29, 0.717) is 29.8 Å². The molecule has 172 valence electrons. The molecule has 0 aromatic carbocycles. The van der Waals surface area contributed by atoms with E-state index < -0.39 is 6.10 Å². The molecule has 2 aliphatic heterocycles. The summed E-state index contributed by atoms with van der Waals surface area (Å²) in [4.78, 5) is 21.7. The topological polar surface area (TPSA) is 85.4 Å². The average Bonchev–Trinajstić information content (AvgIpc) is 2.79. The highest BCUT2D eigenvalue weighted by Crippen LogP contribution is 2.30. The van der Waals surface area contributed by atoms with Gasteiger partial charge in [0, 0.05) is 43.7 Å². The molecule has 2 aliphatic rings. The number of nitrogens with zero attached hydrogens (tertiary/aromatic N) is 2. The Bertz CT molecular complexity index is 947. The Morgan fingerprint density at radius 3 is 3.00 bits per heavy atom. The number of ether oxygens (including phenoxy) is 2. The number of nitrogens with one attached hydrogen (secondary N) is 2. The molecule has 0 saturated carbocycles. The third kappa shape index (κ3) is 6.04. The van der Waals surface area contributed by atoms with Gasteiger partial charge in [-0.25, -0.2) is 4.98 Å². The van der Waals surface area contributed by atoms with Crippen molar-refractivity contribution in [2.24, 2.45) is 5.92 Å². The van der Waals surface area contributed by atoms with Gasteiger partial charge in [0.15, 0.2) is 5.78 Å². The molecule has 8 heteroatoms. The maximum absolute atomic E-state index is 12.6. The zero-order valence-corrected chi connectivity index (χ0v) is 19.5. The van der Waals surface area contributed by atoms with Crippen LogP contribution in [0.3, 0.4) is 0 Å². The predicted molar refractivity (Wildman–Crippen MR) is 125 cm³/mol.